The lowest BCUT2D eigenvalue weighted by Gasteiger charge is -2.18. The maximum absolute atomic E-state index is 10.0. The number of hydrogen-bond donors (Lipinski definition) is 2. The van der Waals surface area contributed by atoms with Gasteiger partial charge in [0.1, 0.15) is 11.4 Å². The Morgan fingerprint density at radius 1 is 1.38 bits per heavy atom. The molecule has 3 heteroatoms. The number of hydrogen-bond acceptors (Lipinski definition) is 2. The van der Waals surface area contributed by atoms with Crippen LogP contribution >= 0.6 is 0 Å². The van der Waals surface area contributed by atoms with Crippen LogP contribution in [0.5, 0.6) is 0 Å². The van der Waals surface area contributed by atoms with Gasteiger partial charge in [0.25, 0.3) is 0 Å². The number of amidine groups is 1. The number of rotatable bonds is 0. The molecule has 0 radical (unpaired) electrons. The van der Waals surface area contributed by atoms with Crippen molar-refractivity contribution in [2.24, 2.45) is 0 Å². The van der Waals surface area contributed by atoms with Gasteiger partial charge in [-0.15, -0.1) is 0 Å². The van der Waals surface area contributed by atoms with Gasteiger partial charge >= 0.3 is 0 Å². The molecular formula is C10H12N2O. The van der Waals surface area contributed by atoms with Gasteiger partial charge in [-0.25, -0.2) is 0 Å². The lowest BCUT2D eigenvalue weighted by atomic mass is 9.98. The zero-order chi connectivity index (χ0) is 9.64. The quantitative estimate of drug-likeness (QED) is 0.626. The highest BCUT2D eigenvalue weighted by Gasteiger charge is 2.40. The molecular weight excluding hydrogens is 164 g/mol. The first-order valence-electron chi connectivity index (χ1n) is 4.20. The number of aliphatic hydroxyl groups is 1. The molecule has 1 aromatic rings. The van der Waals surface area contributed by atoms with Crippen molar-refractivity contribution in [1.29, 1.82) is 5.41 Å². The van der Waals surface area contributed by atoms with Crippen LogP contribution in [0.25, 0.3) is 0 Å². The molecule has 1 unspecified atom stereocenters. The lowest BCUT2D eigenvalue weighted by Crippen LogP contribution is -2.34. The smallest absolute Gasteiger partial charge is 0.146 e. The van der Waals surface area contributed by atoms with E-state index >= 15 is 0 Å². The zero-order valence-corrected chi connectivity index (χ0v) is 7.70. The van der Waals surface area contributed by atoms with Gasteiger partial charge in [-0.1, -0.05) is 18.2 Å². The van der Waals surface area contributed by atoms with Crippen molar-refractivity contribution in [3.8, 4) is 0 Å². The number of likely N-dealkylation sites (N-methyl/N-ethyl adjacent to an activating group) is 1. The Bertz CT molecular complexity index is 371. The summed E-state index contributed by atoms with van der Waals surface area (Å²) in [6, 6.07) is 7.54. The van der Waals surface area contributed by atoms with Crippen LogP contribution in [0, 0.1) is 5.41 Å². The average Bonchev–Trinajstić information content (AvgIpc) is 2.30. The molecule has 68 valence electrons. The van der Waals surface area contributed by atoms with E-state index in [1.54, 1.807) is 18.9 Å². The predicted octanol–water partition coefficient (Wildman–Crippen LogP) is 1.32. The van der Waals surface area contributed by atoms with Gasteiger partial charge in [0.15, 0.2) is 0 Å². The highest BCUT2D eigenvalue weighted by molar-refractivity contribution is 6.07. The van der Waals surface area contributed by atoms with Gasteiger partial charge < -0.3 is 10.0 Å². The number of nitrogens with zero attached hydrogens (tertiary/aromatic N) is 1. The minimum absolute atomic E-state index is 0.230. The average molecular weight is 176 g/mol. The molecule has 0 aliphatic carbocycles. The van der Waals surface area contributed by atoms with E-state index in [1.807, 2.05) is 24.3 Å². The van der Waals surface area contributed by atoms with Crippen LogP contribution in [-0.4, -0.2) is 18.0 Å². The standard InChI is InChI=1S/C10H12N2O/c1-10(13)7-5-3-4-6-8(7)12(2)9(10)11/h3-6,11,13H,1-2H3. The number of fused-ring (bicyclic) bond motifs is 1. The van der Waals surface area contributed by atoms with E-state index in [9.17, 15) is 5.11 Å². The topological polar surface area (TPSA) is 47.3 Å². The fraction of sp³-hybridized carbons (Fsp3) is 0.300. The Balaban J connectivity index is 2.68. The molecule has 1 aromatic carbocycles. The third-order valence-electron chi connectivity index (χ3n) is 2.59. The minimum Gasteiger partial charge on any atom is -0.377 e. The second-order valence-corrected chi connectivity index (χ2v) is 3.50. The number of benzene rings is 1. The molecule has 1 heterocycles. The highest BCUT2D eigenvalue weighted by atomic mass is 16.3. The van der Waals surface area contributed by atoms with Crippen molar-refractivity contribution in [2.75, 3.05) is 11.9 Å². The van der Waals surface area contributed by atoms with Crippen LogP contribution in [0.3, 0.4) is 0 Å². The molecule has 0 saturated carbocycles. The second-order valence-electron chi connectivity index (χ2n) is 3.50. The van der Waals surface area contributed by atoms with Crippen LogP contribution in [0.4, 0.5) is 5.69 Å². The van der Waals surface area contributed by atoms with Crippen LogP contribution in [0.1, 0.15) is 12.5 Å². The fourth-order valence-electron chi connectivity index (χ4n) is 1.75. The van der Waals surface area contributed by atoms with E-state index in [2.05, 4.69) is 0 Å². The van der Waals surface area contributed by atoms with Crippen molar-refractivity contribution >= 4 is 11.5 Å². The first-order valence-corrected chi connectivity index (χ1v) is 4.20. The minimum atomic E-state index is -1.13. The molecule has 2 rings (SSSR count). The summed E-state index contributed by atoms with van der Waals surface area (Å²) < 4.78 is 0. The summed E-state index contributed by atoms with van der Waals surface area (Å²) in [4.78, 5) is 1.70. The van der Waals surface area contributed by atoms with Crippen molar-refractivity contribution in [3.63, 3.8) is 0 Å². The molecule has 0 fully saturated rings. The van der Waals surface area contributed by atoms with Crippen LogP contribution < -0.4 is 4.90 Å². The molecule has 2 N–H and O–H groups in total. The molecule has 13 heavy (non-hydrogen) atoms. The SMILES string of the molecule is CN1C(=N)C(C)(O)c2ccccc21. The first-order chi connectivity index (χ1) is 6.05. The van der Waals surface area contributed by atoms with E-state index in [0.29, 0.717) is 0 Å². The predicted molar refractivity (Wildman–Crippen MR) is 52.1 cm³/mol. The third kappa shape index (κ3) is 0.906. The lowest BCUT2D eigenvalue weighted by molar-refractivity contribution is 0.136. The largest absolute Gasteiger partial charge is 0.377 e. The van der Waals surface area contributed by atoms with Gasteiger partial charge in [-0.05, 0) is 13.0 Å². The summed E-state index contributed by atoms with van der Waals surface area (Å²) >= 11 is 0. The Kier molecular flexibility index (Phi) is 1.48. The number of nitrogens with one attached hydrogen (secondary N) is 1. The molecule has 1 atom stereocenters. The molecule has 1 aliphatic rings. The van der Waals surface area contributed by atoms with E-state index in [1.165, 1.54) is 0 Å². The van der Waals surface area contributed by atoms with E-state index in [4.69, 9.17) is 5.41 Å². The highest BCUT2D eigenvalue weighted by Crippen LogP contribution is 2.38. The summed E-state index contributed by atoms with van der Waals surface area (Å²) in [7, 11) is 1.79. The Labute approximate surface area is 77.1 Å². The third-order valence-corrected chi connectivity index (χ3v) is 2.59. The van der Waals surface area contributed by atoms with Gasteiger partial charge in [0.2, 0.25) is 0 Å². The molecule has 1 aliphatic heterocycles. The fourth-order valence-corrected chi connectivity index (χ4v) is 1.75. The maximum Gasteiger partial charge on any atom is 0.146 e. The van der Waals surface area contributed by atoms with Gasteiger partial charge in [-0.2, -0.15) is 0 Å². The van der Waals surface area contributed by atoms with E-state index in [0.717, 1.165) is 11.3 Å². The Morgan fingerprint density at radius 3 is 2.62 bits per heavy atom. The normalized spacial score (nSPS) is 26.4. The summed E-state index contributed by atoms with van der Waals surface area (Å²) in [5, 5.41) is 17.7. The summed E-state index contributed by atoms with van der Waals surface area (Å²) in [5.41, 5.74) is 0.589. The van der Waals surface area contributed by atoms with Crippen LogP contribution in [-0.2, 0) is 5.60 Å². The summed E-state index contributed by atoms with van der Waals surface area (Å²) in [5.74, 6) is 0.230. The molecule has 0 amide bonds. The van der Waals surface area contributed by atoms with E-state index in [-0.39, 0.29) is 5.84 Å². The van der Waals surface area contributed by atoms with Crippen LogP contribution in [0.2, 0.25) is 0 Å². The maximum atomic E-state index is 10.0. The summed E-state index contributed by atoms with van der Waals surface area (Å²) in [6.45, 7) is 1.65. The molecule has 0 spiro atoms. The van der Waals surface area contributed by atoms with Crippen molar-refractivity contribution in [3.05, 3.63) is 29.8 Å². The Hall–Kier alpha value is -1.35. The molecule has 3 nitrogen and oxygen atoms in total. The molecule has 0 bridgehead atoms. The monoisotopic (exact) mass is 176 g/mol. The Morgan fingerprint density at radius 2 is 2.00 bits per heavy atom. The number of para-hydroxylation sites is 1. The first kappa shape index (κ1) is 8.26. The van der Waals surface area contributed by atoms with Gasteiger partial charge in [0.05, 0.1) is 0 Å². The molecule has 0 saturated heterocycles. The summed E-state index contributed by atoms with van der Waals surface area (Å²) in [6.07, 6.45) is 0. The van der Waals surface area contributed by atoms with Gasteiger partial charge in [-0.3, -0.25) is 5.41 Å². The van der Waals surface area contributed by atoms with Crippen molar-refractivity contribution in [1.82, 2.24) is 0 Å². The number of anilines is 1. The second kappa shape index (κ2) is 2.33. The zero-order valence-electron chi connectivity index (χ0n) is 7.70. The van der Waals surface area contributed by atoms with Gasteiger partial charge in [0, 0.05) is 18.3 Å². The molecule has 0 aromatic heterocycles. The van der Waals surface area contributed by atoms with E-state index < -0.39 is 5.60 Å². The van der Waals surface area contributed by atoms with Crippen molar-refractivity contribution < 1.29 is 5.11 Å². The van der Waals surface area contributed by atoms with Crippen LogP contribution in [0.15, 0.2) is 24.3 Å². The van der Waals surface area contributed by atoms with Crippen molar-refractivity contribution in [2.45, 2.75) is 12.5 Å².